The van der Waals surface area contributed by atoms with E-state index < -0.39 is 0 Å². The van der Waals surface area contributed by atoms with E-state index in [0.717, 1.165) is 25.4 Å². The van der Waals surface area contributed by atoms with Gasteiger partial charge in [0.05, 0.1) is 0 Å². The molecule has 3 heteroatoms. The Hall–Kier alpha value is 0.270. The van der Waals surface area contributed by atoms with Crippen LogP contribution in [0, 0.1) is 5.92 Å². The Morgan fingerprint density at radius 3 is 3.00 bits per heavy atom. The molecule has 0 spiro atoms. The summed E-state index contributed by atoms with van der Waals surface area (Å²) in [6.45, 7) is 1.74. The van der Waals surface area contributed by atoms with E-state index in [1.165, 1.54) is 10.8 Å². The van der Waals surface area contributed by atoms with E-state index in [2.05, 4.69) is 6.26 Å². The molecule has 1 aliphatic rings. The molecule has 0 saturated carbocycles. The van der Waals surface area contributed by atoms with Crippen molar-refractivity contribution in [3.8, 4) is 0 Å². The first-order valence-corrected chi connectivity index (χ1v) is 4.65. The van der Waals surface area contributed by atoms with Crippen molar-refractivity contribution in [2.45, 2.75) is 6.42 Å². The molecule has 0 aliphatic carbocycles. The Labute approximate surface area is 60.2 Å². The lowest BCUT2D eigenvalue weighted by atomic mass is 10.2. The lowest BCUT2D eigenvalue weighted by molar-refractivity contribution is -0.0706. The lowest BCUT2D eigenvalue weighted by Crippen LogP contribution is -2.15. The highest BCUT2D eigenvalue weighted by molar-refractivity contribution is 7.98. The minimum atomic E-state index is 0.727. The third kappa shape index (κ3) is 2.16. The Balaban J connectivity index is 2.14. The van der Waals surface area contributed by atoms with Crippen molar-refractivity contribution in [3.63, 3.8) is 0 Å². The van der Waals surface area contributed by atoms with Crippen LogP contribution < -0.4 is 0 Å². The predicted molar refractivity (Wildman–Crippen MR) is 39.8 cm³/mol. The fraction of sp³-hybridized carbons (Fsp3) is 1.00. The zero-order chi connectivity index (χ0) is 6.69. The molecular weight excluding hydrogens is 134 g/mol. The second kappa shape index (κ2) is 3.44. The largest absolute Gasteiger partial charge is 0.314 e. The molecule has 0 aromatic rings. The van der Waals surface area contributed by atoms with Gasteiger partial charge in [-0.3, -0.25) is 0 Å². The lowest BCUT2D eigenvalue weighted by Gasteiger charge is -2.05. The first kappa shape index (κ1) is 7.38. The Morgan fingerprint density at radius 2 is 2.56 bits per heavy atom. The highest BCUT2D eigenvalue weighted by Crippen LogP contribution is 2.17. The standard InChI is InChI=1S/C6H13NOS/c1-9-5-6-2-3-7(8)4-6/h6,8H,2-5H2,1H3. The molecule has 0 radical (unpaired) electrons. The summed E-state index contributed by atoms with van der Waals surface area (Å²) in [5, 5.41) is 10.4. The van der Waals surface area contributed by atoms with Gasteiger partial charge in [0.1, 0.15) is 0 Å². The van der Waals surface area contributed by atoms with Crippen LogP contribution in [0.2, 0.25) is 0 Å². The third-order valence-corrected chi connectivity index (χ3v) is 2.47. The average Bonchev–Trinajstić information content (AvgIpc) is 2.17. The van der Waals surface area contributed by atoms with Crippen molar-refractivity contribution in [2.75, 3.05) is 25.1 Å². The minimum Gasteiger partial charge on any atom is -0.314 e. The van der Waals surface area contributed by atoms with Crippen LogP contribution in [0.4, 0.5) is 0 Å². The molecule has 9 heavy (non-hydrogen) atoms. The van der Waals surface area contributed by atoms with Crippen molar-refractivity contribution in [2.24, 2.45) is 5.92 Å². The average molecular weight is 147 g/mol. The molecule has 1 N–H and O–H groups in total. The van der Waals surface area contributed by atoms with Gasteiger partial charge in [-0.1, -0.05) is 0 Å². The van der Waals surface area contributed by atoms with Crippen LogP contribution in [-0.2, 0) is 0 Å². The first-order valence-electron chi connectivity index (χ1n) is 3.25. The minimum absolute atomic E-state index is 0.727. The molecule has 54 valence electrons. The van der Waals surface area contributed by atoms with Gasteiger partial charge in [-0.05, 0) is 24.3 Å². The summed E-state index contributed by atoms with van der Waals surface area (Å²) in [5.41, 5.74) is 0. The van der Waals surface area contributed by atoms with E-state index in [1.54, 1.807) is 0 Å². The molecule has 0 amide bonds. The van der Waals surface area contributed by atoms with Crippen LogP contribution in [0.15, 0.2) is 0 Å². The van der Waals surface area contributed by atoms with E-state index >= 15 is 0 Å². The molecule has 1 saturated heterocycles. The van der Waals surface area contributed by atoms with Gasteiger partial charge in [0, 0.05) is 13.1 Å². The molecule has 0 bridgehead atoms. The molecule has 1 rings (SSSR count). The van der Waals surface area contributed by atoms with Gasteiger partial charge in [-0.15, -0.1) is 0 Å². The number of hydrogen-bond donors (Lipinski definition) is 1. The van der Waals surface area contributed by atoms with Gasteiger partial charge < -0.3 is 5.21 Å². The fourth-order valence-corrected chi connectivity index (χ4v) is 1.93. The van der Waals surface area contributed by atoms with E-state index in [9.17, 15) is 0 Å². The summed E-state index contributed by atoms with van der Waals surface area (Å²) in [4.78, 5) is 0. The van der Waals surface area contributed by atoms with Crippen LogP contribution in [0.25, 0.3) is 0 Å². The van der Waals surface area contributed by atoms with Crippen LogP contribution in [0.1, 0.15) is 6.42 Å². The van der Waals surface area contributed by atoms with Crippen molar-refractivity contribution in [1.29, 1.82) is 0 Å². The van der Waals surface area contributed by atoms with Crippen LogP contribution in [0.5, 0.6) is 0 Å². The quantitative estimate of drug-likeness (QED) is 0.632. The van der Waals surface area contributed by atoms with Crippen LogP contribution in [-0.4, -0.2) is 35.4 Å². The predicted octanol–water partition coefficient (Wildman–Crippen LogP) is 1.06. The van der Waals surface area contributed by atoms with Crippen molar-refractivity contribution in [1.82, 2.24) is 5.06 Å². The zero-order valence-electron chi connectivity index (χ0n) is 5.71. The van der Waals surface area contributed by atoms with Crippen LogP contribution >= 0.6 is 11.8 Å². The Bertz CT molecular complexity index is 87.1. The van der Waals surface area contributed by atoms with Gasteiger partial charge in [0.15, 0.2) is 0 Å². The van der Waals surface area contributed by atoms with Crippen molar-refractivity contribution in [3.05, 3.63) is 0 Å². The monoisotopic (exact) mass is 147 g/mol. The van der Waals surface area contributed by atoms with E-state index in [1.807, 2.05) is 11.8 Å². The fourth-order valence-electron chi connectivity index (χ4n) is 1.18. The number of rotatable bonds is 2. The summed E-state index contributed by atoms with van der Waals surface area (Å²) in [7, 11) is 0. The van der Waals surface area contributed by atoms with Gasteiger partial charge in [0.25, 0.3) is 0 Å². The van der Waals surface area contributed by atoms with E-state index in [-0.39, 0.29) is 0 Å². The molecule has 2 nitrogen and oxygen atoms in total. The second-order valence-electron chi connectivity index (χ2n) is 2.52. The van der Waals surface area contributed by atoms with Crippen LogP contribution in [0.3, 0.4) is 0 Å². The Kier molecular flexibility index (Phi) is 2.82. The summed E-state index contributed by atoms with van der Waals surface area (Å²) in [6, 6.07) is 0. The maximum Gasteiger partial charge on any atom is 0.0274 e. The summed E-state index contributed by atoms with van der Waals surface area (Å²) in [5.74, 6) is 1.92. The van der Waals surface area contributed by atoms with E-state index in [0.29, 0.717) is 0 Å². The SMILES string of the molecule is CSCC1CCN(O)C1. The highest BCUT2D eigenvalue weighted by Gasteiger charge is 2.19. The number of hydroxylamine groups is 2. The summed E-state index contributed by atoms with van der Waals surface area (Å²) >= 11 is 1.86. The van der Waals surface area contributed by atoms with Gasteiger partial charge in [-0.25, -0.2) is 0 Å². The van der Waals surface area contributed by atoms with Crippen molar-refractivity contribution >= 4 is 11.8 Å². The molecule has 0 aromatic carbocycles. The summed E-state index contributed by atoms with van der Waals surface area (Å²) < 4.78 is 0. The third-order valence-electron chi connectivity index (χ3n) is 1.67. The topological polar surface area (TPSA) is 23.5 Å². The second-order valence-corrected chi connectivity index (χ2v) is 3.43. The maximum absolute atomic E-state index is 8.95. The molecule has 1 unspecified atom stereocenters. The molecule has 1 heterocycles. The summed E-state index contributed by atoms with van der Waals surface area (Å²) in [6.07, 6.45) is 3.28. The molecule has 0 aromatic heterocycles. The van der Waals surface area contributed by atoms with Gasteiger partial charge in [-0.2, -0.15) is 16.8 Å². The van der Waals surface area contributed by atoms with Gasteiger partial charge >= 0.3 is 0 Å². The van der Waals surface area contributed by atoms with Crippen molar-refractivity contribution < 1.29 is 5.21 Å². The molecular formula is C6H13NOS. The van der Waals surface area contributed by atoms with Gasteiger partial charge in [0.2, 0.25) is 0 Å². The smallest absolute Gasteiger partial charge is 0.0274 e. The molecule has 1 fully saturated rings. The first-order chi connectivity index (χ1) is 4.33. The molecule has 1 atom stereocenters. The highest BCUT2D eigenvalue weighted by atomic mass is 32.2. The Morgan fingerprint density at radius 1 is 1.78 bits per heavy atom. The number of nitrogens with zero attached hydrogens (tertiary/aromatic N) is 1. The maximum atomic E-state index is 8.95. The van der Waals surface area contributed by atoms with E-state index in [4.69, 9.17) is 5.21 Å². The number of thioether (sulfide) groups is 1. The zero-order valence-corrected chi connectivity index (χ0v) is 6.52. The molecule has 1 aliphatic heterocycles. The number of hydrogen-bond acceptors (Lipinski definition) is 3. The normalized spacial score (nSPS) is 29.3.